The van der Waals surface area contributed by atoms with Crippen molar-refractivity contribution in [2.75, 3.05) is 32.5 Å². The molecule has 3 N–H and O–H groups in total. The van der Waals surface area contributed by atoms with Crippen molar-refractivity contribution in [3.63, 3.8) is 0 Å². The molecule has 2 aromatic carbocycles. The fraction of sp³-hybridized carbons (Fsp3) is 0.300. The molecule has 160 valence electrons. The van der Waals surface area contributed by atoms with Crippen LogP contribution in [0.2, 0.25) is 0 Å². The second-order valence-electron chi connectivity index (χ2n) is 6.94. The summed E-state index contributed by atoms with van der Waals surface area (Å²) in [5, 5.41) is 13.2. The normalized spacial score (nSPS) is 11.7. The van der Waals surface area contributed by atoms with Crippen LogP contribution in [0.5, 0.6) is 5.75 Å². The van der Waals surface area contributed by atoms with Gasteiger partial charge in [-0.1, -0.05) is 18.2 Å². The van der Waals surface area contributed by atoms with Gasteiger partial charge in [0.05, 0.1) is 5.52 Å². The highest BCUT2D eigenvalue weighted by atomic mass is 19.4. The number of hydrogen-bond donors (Lipinski definition) is 3. The van der Waals surface area contributed by atoms with Gasteiger partial charge in [-0.2, -0.15) is 5.10 Å². The molecule has 3 rings (SSSR count). The second-order valence-corrected chi connectivity index (χ2v) is 6.94. The Labute approximate surface area is 171 Å². The van der Waals surface area contributed by atoms with Crippen LogP contribution in [0.1, 0.15) is 6.42 Å². The molecule has 2 amide bonds. The smallest absolute Gasteiger partial charge is 0.406 e. The van der Waals surface area contributed by atoms with Crippen LogP contribution >= 0.6 is 0 Å². The van der Waals surface area contributed by atoms with Crippen molar-refractivity contribution in [2.24, 2.45) is 0 Å². The van der Waals surface area contributed by atoms with Gasteiger partial charge in [0.2, 0.25) is 0 Å². The molecule has 0 saturated carbocycles. The minimum Gasteiger partial charge on any atom is -0.406 e. The quantitative estimate of drug-likeness (QED) is 0.500. The van der Waals surface area contributed by atoms with Crippen LogP contribution in [0.4, 0.5) is 23.8 Å². The Morgan fingerprint density at radius 2 is 1.83 bits per heavy atom. The molecule has 0 atom stereocenters. The van der Waals surface area contributed by atoms with Crippen LogP contribution in [0.25, 0.3) is 22.0 Å². The summed E-state index contributed by atoms with van der Waals surface area (Å²) in [7, 11) is 3.93. The Balaban J connectivity index is 1.66. The molecule has 0 radical (unpaired) electrons. The molecule has 10 heteroatoms. The van der Waals surface area contributed by atoms with E-state index in [1.54, 1.807) is 24.3 Å². The first kappa shape index (κ1) is 21.4. The number of rotatable bonds is 7. The van der Waals surface area contributed by atoms with Crippen LogP contribution in [-0.2, 0) is 0 Å². The molecule has 0 bridgehead atoms. The Morgan fingerprint density at radius 1 is 1.13 bits per heavy atom. The van der Waals surface area contributed by atoms with Gasteiger partial charge in [0.1, 0.15) is 5.75 Å². The van der Waals surface area contributed by atoms with Gasteiger partial charge in [0, 0.05) is 11.9 Å². The maximum absolute atomic E-state index is 12.3. The third kappa shape index (κ3) is 5.86. The lowest BCUT2D eigenvalue weighted by molar-refractivity contribution is -0.274. The number of amides is 2. The minimum atomic E-state index is -4.72. The molecule has 0 fully saturated rings. The van der Waals surface area contributed by atoms with Gasteiger partial charge in [-0.05, 0) is 62.5 Å². The van der Waals surface area contributed by atoms with Crippen LogP contribution in [-0.4, -0.2) is 54.7 Å². The third-order valence-electron chi connectivity index (χ3n) is 4.28. The van der Waals surface area contributed by atoms with E-state index in [0.717, 1.165) is 23.9 Å². The van der Waals surface area contributed by atoms with Crippen molar-refractivity contribution in [3.8, 4) is 16.9 Å². The topological polar surface area (TPSA) is 82.3 Å². The number of anilines is 1. The van der Waals surface area contributed by atoms with Gasteiger partial charge in [-0.25, -0.2) is 4.79 Å². The molecule has 0 saturated heterocycles. The summed E-state index contributed by atoms with van der Waals surface area (Å²) in [6.45, 7) is 1.42. The lowest BCUT2D eigenvalue weighted by atomic mass is 10.0. The molecule has 0 aliphatic carbocycles. The number of benzene rings is 2. The number of carbonyl (C=O) groups excluding carboxylic acids is 1. The first-order chi connectivity index (χ1) is 14.2. The average molecular weight is 421 g/mol. The van der Waals surface area contributed by atoms with E-state index in [0.29, 0.717) is 23.4 Å². The van der Waals surface area contributed by atoms with Crippen LogP contribution in [0.3, 0.4) is 0 Å². The number of carbonyl (C=O) groups is 1. The van der Waals surface area contributed by atoms with Gasteiger partial charge in [-0.3, -0.25) is 10.4 Å². The van der Waals surface area contributed by atoms with Crippen molar-refractivity contribution < 1.29 is 22.7 Å². The van der Waals surface area contributed by atoms with E-state index >= 15 is 0 Å². The van der Waals surface area contributed by atoms with Gasteiger partial charge in [0.15, 0.2) is 5.82 Å². The average Bonchev–Trinajstić information content (AvgIpc) is 3.06. The maximum Gasteiger partial charge on any atom is 0.573 e. The van der Waals surface area contributed by atoms with Crippen molar-refractivity contribution in [3.05, 3.63) is 42.5 Å². The number of nitrogens with zero attached hydrogens (tertiary/aromatic N) is 2. The van der Waals surface area contributed by atoms with Gasteiger partial charge < -0.3 is 15.0 Å². The minimum absolute atomic E-state index is 0.281. The van der Waals surface area contributed by atoms with Gasteiger partial charge >= 0.3 is 12.4 Å². The number of hydrogen-bond acceptors (Lipinski definition) is 4. The zero-order chi connectivity index (χ0) is 21.7. The second kappa shape index (κ2) is 9.04. The number of urea groups is 1. The number of fused-ring (bicyclic) bond motifs is 1. The summed E-state index contributed by atoms with van der Waals surface area (Å²) in [5.41, 5.74) is 2.18. The largest absolute Gasteiger partial charge is 0.573 e. The first-order valence-electron chi connectivity index (χ1n) is 9.25. The highest BCUT2D eigenvalue weighted by molar-refractivity contribution is 6.00. The van der Waals surface area contributed by atoms with E-state index in [1.165, 1.54) is 12.1 Å². The summed E-state index contributed by atoms with van der Waals surface area (Å²) in [6.07, 6.45) is -3.89. The van der Waals surface area contributed by atoms with Crippen LogP contribution in [0, 0.1) is 0 Å². The number of halogens is 3. The third-order valence-corrected chi connectivity index (χ3v) is 4.28. The summed E-state index contributed by atoms with van der Waals surface area (Å²) in [4.78, 5) is 14.1. The number of aromatic amines is 1. The molecule has 3 aromatic rings. The van der Waals surface area contributed by atoms with Crippen molar-refractivity contribution in [2.45, 2.75) is 12.8 Å². The molecule has 7 nitrogen and oxygen atoms in total. The summed E-state index contributed by atoms with van der Waals surface area (Å²) in [6, 6.07) is 10.7. The zero-order valence-corrected chi connectivity index (χ0v) is 16.5. The van der Waals surface area contributed by atoms with Gasteiger partial charge in [-0.15, -0.1) is 13.2 Å². The molecule has 30 heavy (non-hydrogen) atoms. The first-order valence-corrected chi connectivity index (χ1v) is 9.25. The lowest BCUT2D eigenvalue weighted by Gasteiger charge is -2.10. The van der Waals surface area contributed by atoms with Crippen molar-refractivity contribution in [1.82, 2.24) is 20.4 Å². The SMILES string of the molecule is CN(C)CCCNC(=O)Nc1n[nH]c2cc(-c3ccc(OC(F)(F)F)cc3)ccc12. The molecule has 0 aliphatic heterocycles. The van der Waals surface area contributed by atoms with Gasteiger partial charge in [0.25, 0.3) is 0 Å². The predicted molar refractivity (Wildman–Crippen MR) is 108 cm³/mol. The number of alkyl halides is 3. The van der Waals surface area contributed by atoms with E-state index < -0.39 is 6.36 Å². The van der Waals surface area contributed by atoms with E-state index in [-0.39, 0.29) is 11.8 Å². The zero-order valence-electron chi connectivity index (χ0n) is 16.5. The summed E-state index contributed by atoms with van der Waals surface area (Å²) >= 11 is 0. The predicted octanol–water partition coefficient (Wildman–Crippen LogP) is 4.20. The molecule has 1 heterocycles. The Bertz CT molecular complexity index is 1000. The fourth-order valence-corrected chi connectivity index (χ4v) is 2.89. The highest BCUT2D eigenvalue weighted by Crippen LogP contribution is 2.29. The van der Waals surface area contributed by atoms with Crippen molar-refractivity contribution >= 4 is 22.8 Å². The Kier molecular flexibility index (Phi) is 6.46. The fourth-order valence-electron chi connectivity index (χ4n) is 2.89. The molecular formula is C20H22F3N5O2. The van der Waals surface area contributed by atoms with Crippen molar-refractivity contribution in [1.29, 1.82) is 0 Å². The molecule has 0 unspecified atom stereocenters. The summed E-state index contributed by atoms with van der Waals surface area (Å²) < 4.78 is 40.7. The Morgan fingerprint density at radius 3 is 2.50 bits per heavy atom. The van der Waals surface area contributed by atoms with Crippen LogP contribution in [0.15, 0.2) is 42.5 Å². The van der Waals surface area contributed by atoms with Crippen LogP contribution < -0.4 is 15.4 Å². The molecule has 1 aromatic heterocycles. The number of ether oxygens (including phenoxy) is 1. The molecule has 0 aliphatic rings. The standard InChI is InChI=1S/C20H22F3N5O2/c1-28(2)11-3-10-24-19(29)25-18-16-9-6-14(12-17(16)26-27-18)13-4-7-15(8-5-13)30-20(21,22)23/h4-9,12H,3,10-11H2,1-2H3,(H3,24,25,26,27,29). The maximum atomic E-state index is 12.3. The number of aromatic nitrogens is 2. The Hall–Kier alpha value is -3.27. The molecular weight excluding hydrogens is 399 g/mol. The van der Waals surface area contributed by atoms with E-state index in [9.17, 15) is 18.0 Å². The lowest BCUT2D eigenvalue weighted by Crippen LogP contribution is -2.31. The van der Waals surface area contributed by atoms with E-state index in [4.69, 9.17) is 0 Å². The highest BCUT2D eigenvalue weighted by Gasteiger charge is 2.30. The number of H-pyrrole nitrogens is 1. The number of nitrogens with one attached hydrogen (secondary N) is 3. The molecule has 0 spiro atoms. The van der Waals surface area contributed by atoms with E-state index in [2.05, 4.69) is 25.6 Å². The monoisotopic (exact) mass is 421 g/mol. The van der Waals surface area contributed by atoms with E-state index in [1.807, 2.05) is 25.1 Å². The summed E-state index contributed by atoms with van der Waals surface area (Å²) in [5.74, 6) is 0.118.